The number of fused-ring (bicyclic) bond motifs is 1. The first-order valence-corrected chi connectivity index (χ1v) is 6.69. The van der Waals surface area contributed by atoms with Gasteiger partial charge in [0.05, 0.1) is 0 Å². The Morgan fingerprint density at radius 2 is 2.15 bits per heavy atom. The number of alkyl halides is 1. The van der Waals surface area contributed by atoms with Crippen molar-refractivity contribution in [3.8, 4) is 0 Å². The molecular weight excluding hydrogens is 312 g/mol. The Labute approximate surface area is 98.2 Å². The number of aryl methyl sites for hydroxylation is 1. The highest BCUT2D eigenvalue weighted by Crippen LogP contribution is 2.34. The zero-order valence-electron chi connectivity index (χ0n) is 7.10. The quantitative estimate of drug-likeness (QED) is 0.658. The van der Waals surface area contributed by atoms with E-state index >= 15 is 0 Å². The summed E-state index contributed by atoms with van der Waals surface area (Å²) in [6, 6.07) is 6.59. The van der Waals surface area contributed by atoms with Gasteiger partial charge in [-0.05, 0) is 40.5 Å². The Morgan fingerprint density at radius 1 is 1.38 bits per heavy atom. The highest BCUT2D eigenvalue weighted by atomic mass is 79.9. The molecule has 1 aromatic carbocycles. The largest absolute Gasteiger partial charge is 0.141 e. The van der Waals surface area contributed by atoms with Gasteiger partial charge in [-0.2, -0.15) is 0 Å². The first-order chi connectivity index (χ1) is 6.22. The summed E-state index contributed by atoms with van der Waals surface area (Å²) in [6.45, 7) is 2.14. The van der Waals surface area contributed by atoms with Crippen molar-refractivity contribution in [3.63, 3.8) is 0 Å². The van der Waals surface area contributed by atoms with Gasteiger partial charge in [0.25, 0.3) is 0 Å². The summed E-state index contributed by atoms with van der Waals surface area (Å²) < 4.78 is 2.58. The highest BCUT2D eigenvalue weighted by Gasteiger charge is 2.05. The van der Waals surface area contributed by atoms with E-state index in [2.05, 4.69) is 57.0 Å². The van der Waals surface area contributed by atoms with E-state index in [-0.39, 0.29) is 0 Å². The molecule has 13 heavy (non-hydrogen) atoms. The smallest absolute Gasteiger partial charge is 0.0357 e. The second-order valence-electron chi connectivity index (χ2n) is 2.94. The van der Waals surface area contributed by atoms with Gasteiger partial charge in [0.2, 0.25) is 0 Å². The Bertz CT molecular complexity index is 445. The Kier molecular flexibility index (Phi) is 2.77. The summed E-state index contributed by atoms with van der Waals surface area (Å²) in [5.41, 5.74) is 1.31. The van der Waals surface area contributed by atoms with Gasteiger partial charge in [0, 0.05) is 24.8 Å². The molecule has 2 rings (SSSR count). The Balaban J connectivity index is 2.78. The summed E-state index contributed by atoms with van der Waals surface area (Å²) >= 11 is 8.95. The molecule has 2 aromatic rings. The molecule has 0 aliphatic rings. The lowest BCUT2D eigenvalue weighted by Crippen LogP contribution is -1.78. The van der Waals surface area contributed by atoms with Crippen molar-refractivity contribution in [3.05, 3.63) is 33.1 Å². The summed E-state index contributed by atoms with van der Waals surface area (Å²) in [6.07, 6.45) is 0. The SMILES string of the molecule is Cc1cc2c(Br)c(CBr)ccc2s1. The first kappa shape index (κ1) is 9.69. The van der Waals surface area contributed by atoms with Crippen molar-refractivity contribution < 1.29 is 0 Å². The average molecular weight is 320 g/mol. The summed E-state index contributed by atoms with van der Waals surface area (Å²) in [5, 5.41) is 2.23. The van der Waals surface area contributed by atoms with Gasteiger partial charge >= 0.3 is 0 Å². The van der Waals surface area contributed by atoms with E-state index < -0.39 is 0 Å². The number of rotatable bonds is 1. The van der Waals surface area contributed by atoms with Crippen molar-refractivity contribution in [1.29, 1.82) is 0 Å². The number of halogens is 2. The van der Waals surface area contributed by atoms with Crippen LogP contribution in [-0.4, -0.2) is 0 Å². The van der Waals surface area contributed by atoms with Gasteiger partial charge in [-0.15, -0.1) is 11.3 Å². The molecule has 0 fully saturated rings. The molecule has 0 bridgehead atoms. The fourth-order valence-corrected chi connectivity index (χ4v) is 3.86. The van der Waals surface area contributed by atoms with Crippen molar-refractivity contribution >= 4 is 53.3 Å². The standard InChI is InChI=1S/C10H8Br2S/c1-6-4-8-9(13-6)3-2-7(5-11)10(8)12/h2-4H,5H2,1H3. The molecule has 0 saturated heterocycles. The van der Waals surface area contributed by atoms with Crippen LogP contribution in [0, 0.1) is 6.92 Å². The van der Waals surface area contributed by atoms with Crippen LogP contribution in [0.15, 0.2) is 22.7 Å². The molecule has 1 aromatic heterocycles. The zero-order chi connectivity index (χ0) is 9.42. The number of thiophene rings is 1. The molecule has 0 N–H and O–H groups in total. The molecule has 0 radical (unpaired) electrons. The maximum atomic E-state index is 3.63. The van der Waals surface area contributed by atoms with Crippen molar-refractivity contribution in [2.24, 2.45) is 0 Å². The van der Waals surface area contributed by atoms with Crippen LogP contribution in [0.4, 0.5) is 0 Å². The number of hydrogen-bond acceptors (Lipinski definition) is 1. The number of hydrogen-bond donors (Lipinski definition) is 0. The predicted octanol–water partition coefficient (Wildman–Crippen LogP) is 4.87. The third kappa shape index (κ3) is 1.69. The molecule has 0 amide bonds. The molecule has 0 spiro atoms. The van der Waals surface area contributed by atoms with Crippen LogP contribution in [0.5, 0.6) is 0 Å². The minimum absolute atomic E-state index is 0.901. The van der Waals surface area contributed by atoms with Crippen molar-refractivity contribution in [1.82, 2.24) is 0 Å². The van der Waals surface area contributed by atoms with Crippen LogP contribution in [0.2, 0.25) is 0 Å². The van der Waals surface area contributed by atoms with E-state index in [4.69, 9.17) is 0 Å². The normalized spacial score (nSPS) is 11.0. The van der Waals surface area contributed by atoms with E-state index in [0.717, 1.165) is 5.33 Å². The third-order valence-electron chi connectivity index (χ3n) is 1.98. The van der Waals surface area contributed by atoms with Gasteiger partial charge in [0.1, 0.15) is 0 Å². The first-order valence-electron chi connectivity index (χ1n) is 3.96. The molecule has 0 atom stereocenters. The maximum absolute atomic E-state index is 3.63. The summed E-state index contributed by atoms with van der Waals surface area (Å²) in [4.78, 5) is 1.36. The van der Waals surface area contributed by atoms with Crippen LogP contribution < -0.4 is 0 Å². The minimum atomic E-state index is 0.901. The maximum Gasteiger partial charge on any atom is 0.0357 e. The van der Waals surface area contributed by atoms with Gasteiger partial charge in [0.15, 0.2) is 0 Å². The molecule has 0 aliphatic heterocycles. The fourth-order valence-electron chi connectivity index (χ4n) is 1.35. The lowest BCUT2D eigenvalue weighted by Gasteiger charge is -2.00. The molecule has 0 nitrogen and oxygen atoms in total. The van der Waals surface area contributed by atoms with E-state index in [1.165, 1.54) is 25.0 Å². The van der Waals surface area contributed by atoms with Crippen molar-refractivity contribution in [2.75, 3.05) is 0 Å². The second kappa shape index (κ2) is 3.71. The molecule has 1 heterocycles. The number of benzene rings is 1. The lowest BCUT2D eigenvalue weighted by atomic mass is 10.2. The zero-order valence-corrected chi connectivity index (χ0v) is 11.1. The van der Waals surface area contributed by atoms with Crippen LogP contribution in [0.25, 0.3) is 10.1 Å². The molecule has 0 saturated carbocycles. The molecule has 3 heteroatoms. The van der Waals surface area contributed by atoms with E-state index in [1.807, 2.05) is 11.3 Å². The van der Waals surface area contributed by atoms with Gasteiger partial charge in [-0.1, -0.05) is 22.0 Å². The highest BCUT2D eigenvalue weighted by molar-refractivity contribution is 9.11. The van der Waals surface area contributed by atoms with Gasteiger partial charge < -0.3 is 0 Å². The molecule has 0 unspecified atom stereocenters. The lowest BCUT2D eigenvalue weighted by molar-refractivity contribution is 1.44. The van der Waals surface area contributed by atoms with Gasteiger partial charge in [-0.3, -0.25) is 0 Å². The van der Waals surface area contributed by atoms with Crippen LogP contribution in [0.3, 0.4) is 0 Å². The molecule has 0 aliphatic carbocycles. The van der Waals surface area contributed by atoms with E-state index in [9.17, 15) is 0 Å². The molecular formula is C10H8Br2S. The van der Waals surface area contributed by atoms with Gasteiger partial charge in [-0.25, -0.2) is 0 Å². The van der Waals surface area contributed by atoms with Crippen molar-refractivity contribution in [2.45, 2.75) is 12.3 Å². The summed E-state index contributed by atoms with van der Waals surface area (Å²) in [5.74, 6) is 0. The van der Waals surface area contributed by atoms with Crippen LogP contribution >= 0.6 is 43.2 Å². The van der Waals surface area contributed by atoms with Crippen LogP contribution in [0.1, 0.15) is 10.4 Å². The van der Waals surface area contributed by atoms with E-state index in [0.29, 0.717) is 0 Å². The Morgan fingerprint density at radius 3 is 2.85 bits per heavy atom. The predicted molar refractivity (Wildman–Crippen MR) is 66.9 cm³/mol. The molecule has 68 valence electrons. The monoisotopic (exact) mass is 318 g/mol. The topological polar surface area (TPSA) is 0 Å². The minimum Gasteiger partial charge on any atom is -0.141 e. The average Bonchev–Trinajstić information content (AvgIpc) is 2.47. The van der Waals surface area contributed by atoms with Crippen LogP contribution in [-0.2, 0) is 5.33 Å². The Hall–Kier alpha value is 0.140. The summed E-state index contributed by atoms with van der Waals surface area (Å²) in [7, 11) is 0. The fraction of sp³-hybridized carbons (Fsp3) is 0.200. The second-order valence-corrected chi connectivity index (χ2v) is 5.58. The third-order valence-corrected chi connectivity index (χ3v) is 4.54. The van der Waals surface area contributed by atoms with E-state index in [1.54, 1.807) is 0 Å².